The molecule has 7 nitrogen and oxygen atoms in total. The van der Waals surface area contributed by atoms with Crippen LogP contribution in [0.4, 0.5) is 4.79 Å². The molecule has 4 rings (SSSR count). The maximum absolute atomic E-state index is 12.9. The summed E-state index contributed by atoms with van der Waals surface area (Å²) in [5.41, 5.74) is 4.70. The van der Waals surface area contributed by atoms with Crippen LogP contribution in [0.2, 0.25) is 0 Å². The number of carboxylic acids is 1. The van der Waals surface area contributed by atoms with Crippen molar-refractivity contribution in [2.24, 2.45) is 5.92 Å². The summed E-state index contributed by atoms with van der Waals surface area (Å²) in [6.45, 7) is 2.81. The Kier molecular flexibility index (Phi) is 7.50. The van der Waals surface area contributed by atoms with E-state index < -0.39 is 12.1 Å². The molecule has 2 N–H and O–H groups in total. The minimum absolute atomic E-state index is 0.00572. The van der Waals surface area contributed by atoms with Crippen LogP contribution in [0.3, 0.4) is 0 Å². The van der Waals surface area contributed by atoms with Gasteiger partial charge in [0.1, 0.15) is 6.61 Å². The van der Waals surface area contributed by atoms with Gasteiger partial charge in [0.05, 0.1) is 6.42 Å². The molecule has 0 aliphatic heterocycles. The van der Waals surface area contributed by atoms with E-state index in [0.29, 0.717) is 13.0 Å². The number of hydrogen-bond donors (Lipinski definition) is 2. The van der Waals surface area contributed by atoms with Gasteiger partial charge in [-0.2, -0.15) is 0 Å². The van der Waals surface area contributed by atoms with Gasteiger partial charge in [-0.15, -0.1) is 0 Å². The van der Waals surface area contributed by atoms with Gasteiger partial charge in [-0.3, -0.25) is 9.59 Å². The van der Waals surface area contributed by atoms with E-state index in [4.69, 9.17) is 9.84 Å². The van der Waals surface area contributed by atoms with Crippen molar-refractivity contribution in [1.29, 1.82) is 0 Å². The standard InChI is InChI=1S/C27H32N2O5/c1-2-29(15-14-25(30)31)26(32)18-8-7-9-19(16-18)28-27(33)34-17-24-22-12-5-3-10-20(22)21-11-4-6-13-23(21)24/h3-6,10-13,18-19,24H,2,7-9,14-17H2,1H3,(H,28,33)(H,30,31)/t18-,19+/m1/s1. The Balaban J connectivity index is 1.32. The second-order valence-electron chi connectivity index (χ2n) is 9.09. The second-order valence-corrected chi connectivity index (χ2v) is 9.09. The molecule has 2 atom stereocenters. The van der Waals surface area contributed by atoms with Crippen molar-refractivity contribution in [1.82, 2.24) is 10.2 Å². The van der Waals surface area contributed by atoms with Gasteiger partial charge in [0.2, 0.25) is 5.91 Å². The summed E-state index contributed by atoms with van der Waals surface area (Å²) >= 11 is 0. The van der Waals surface area contributed by atoms with E-state index in [9.17, 15) is 14.4 Å². The molecule has 0 heterocycles. The fourth-order valence-corrected chi connectivity index (χ4v) is 5.26. The van der Waals surface area contributed by atoms with Crippen LogP contribution in [0.15, 0.2) is 48.5 Å². The molecule has 0 spiro atoms. The fraction of sp³-hybridized carbons (Fsp3) is 0.444. The van der Waals surface area contributed by atoms with Crippen molar-refractivity contribution in [3.05, 3.63) is 59.7 Å². The van der Waals surface area contributed by atoms with E-state index in [1.807, 2.05) is 31.2 Å². The molecular weight excluding hydrogens is 432 g/mol. The number of benzene rings is 2. The lowest BCUT2D eigenvalue weighted by Gasteiger charge is -2.32. The Morgan fingerprint density at radius 3 is 2.29 bits per heavy atom. The van der Waals surface area contributed by atoms with Crippen molar-refractivity contribution in [3.8, 4) is 11.1 Å². The van der Waals surface area contributed by atoms with Crippen LogP contribution in [0, 0.1) is 5.92 Å². The molecular formula is C27H32N2O5. The van der Waals surface area contributed by atoms with Gasteiger partial charge in [0.25, 0.3) is 0 Å². The number of rotatable bonds is 8. The summed E-state index contributed by atoms with van der Waals surface area (Å²) < 4.78 is 5.66. The quantitative estimate of drug-likeness (QED) is 0.603. The van der Waals surface area contributed by atoms with Crippen molar-refractivity contribution >= 4 is 18.0 Å². The van der Waals surface area contributed by atoms with Crippen LogP contribution >= 0.6 is 0 Å². The Morgan fingerprint density at radius 1 is 1.03 bits per heavy atom. The van der Waals surface area contributed by atoms with Crippen LogP contribution in [0.5, 0.6) is 0 Å². The summed E-state index contributed by atoms with van der Waals surface area (Å²) in [6, 6.07) is 16.3. The molecule has 7 heteroatoms. The number of nitrogens with zero attached hydrogens (tertiary/aromatic N) is 1. The second kappa shape index (κ2) is 10.7. The van der Waals surface area contributed by atoms with Crippen molar-refractivity contribution in [2.75, 3.05) is 19.7 Å². The summed E-state index contributed by atoms with van der Waals surface area (Å²) in [5.74, 6) is -1.14. The molecule has 0 bridgehead atoms. The molecule has 180 valence electrons. The number of amides is 2. The Bertz CT molecular complexity index is 1010. The molecule has 34 heavy (non-hydrogen) atoms. The summed E-state index contributed by atoms with van der Waals surface area (Å²) in [4.78, 5) is 38.0. The van der Waals surface area contributed by atoms with Gasteiger partial charge in [-0.1, -0.05) is 55.0 Å². The third kappa shape index (κ3) is 5.24. The number of hydrogen-bond acceptors (Lipinski definition) is 4. The first kappa shape index (κ1) is 23.8. The minimum atomic E-state index is -0.912. The predicted molar refractivity (Wildman–Crippen MR) is 128 cm³/mol. The molecule has 2 aliphatic carbocycles. The van der Waals surface area contributed by atoms with E-state index in [1.165, 1.54) is 22.3 Å². The average molecular weight is 465 g/mol. The van der Waals surface area contributed by atoms with Crippen LogP contribution < -0.4 is 5.32 Å². The molecule has 0 unspecified atom stereocenters. The van der Waals surface area contributed by atoms with E-state index in [0.717, 1.165) is 19.3 Å². The number of carbonyl (C=O) groups is 3. The maximum Gasteiger partial charge on any atom is 0.407 e. The number of carbonyl (C=O) groups excluding carboxylic acids is 2. The van der Waals surface area contributed by atoms with Gasteiger partial charge in [0, 0.05) is 31.0 Å². The van der Waals surface area contributed by atoms with E-state index in [2.05, 4.69) is 29.6 Å². The number of nitrogens with one attached hydrogen (secondary N) is 1. The SMILES string of the molecule is CCN(CCC(=O)O)C(=O)[C@@H]1CCC[C@H](NC(=O)OCC2c3ccccc3-c3ccccc32)C1. The lowest BCUT2D eigenvalue weighted by atomic mass is 9.84. The highest BCUT2D eigenvalue weighted by Gasteiger charge is 2.32. The molecule has 1 fully saturated rings. The van der Waals surface area contributed by atoms with Gasteiger partial charge >= 0.3 is 12.1 Å². The van der Waals surface area contributed by atoms with E-state index >= 15 is 0 Å². The normalized spacial score (nSPS) is 19.1. The van der Waals surface area contributed by atoms with Gasteiger partial charge in [-0.25, -0.2) is 4.79 Å². The smallest absolute Gasteiger partial charge is 0.407 e. The Hall–Kier alpha value is -3.35. The van der Waals surface area contributed by atoms with Crippen molar-refractivity contribution in [2.45, 2.75) is 51.0 Å². The number of carboxylic acid groups (broad SMARTS) is 1. The first-order valence-corrected chi connectivity index (χ1v) is 12.1. The molecule has 2 aromatic carbocycles. The van der Waals surface area contributed by atoms with Crippen LogP contribution in [-0.4, -0.2) is 53.7 Å². The number of ether oxygens (including phenoxy) is 1. The minimum Gasteiger partial charge on any atom is -0.481 e. The first-order valence-electron chi connectivity index (χ1n) is 12.1. The maximum atomic E-state index is 12.9. The highest BCUT2D eigenvalue weighted by Crippen LogP contribution is 2.44. The van der Waals surface area contributed by atoms with Gasteiger partial charge in [0.15, 0.2) is 0 Å². The highest BCUT2D eigenvalue weighted by molar-refractivity contribution is 5.80. The van der Waals surface area contributed by atoms with Crippen LogP contribution in [0.1, 0.15) is 56.1 Å². The predicted octanol–water partition coefficient (Wildman–Crippen LogP) is 4.41. The van der Waals surface area contributed by atoms with Gasteiger partial charge < -0.3 is 20.1 Å². The number of fused-ring (bicyclic) bond motifs is 3. The topological polar surface area (TPSA) is 95.9 Å². The summed E-state index contributed by atoms with van der Waals surface area (Å²) in [7, 11) is 0. The fourth-order valence-electron chi connectivity index (χ4n) is 5.26. The zero-order chi connectivity index (χ0) is 24.1. The molecule has 2 amide bonds. The Morgan fingerprint density at radius 2 is 1.68 bits per heavy atom. The largest absolute Gasteiger partial charge is 0.481 e. The van der Waals surface area contributed by atoms with Crippen molar-refractivity contribution in [3.63, 3.8) is 0 Å². The lowest BCUT2D eigenvalue weighted by Crippen LogP contribution is -2.44. The molecule has 0 radical (unpaired) electrons. The summed E-state index contributed by atoms with van der Waals surface area (Å²) in [5, 5.41) is 11.9. The monoisotopic (exact) mass is 464 g/mol. The first-order chi connectivity index (χ1) is 16.5. The lowest BCUT2D eigenvalue weighted by molar-refractivity contribution is -0.140. The third-order valence-electron chi connectivity index (χ3n) is 6.98. The number of alkyl carbamates (subject to hydrolysis) is 1. The summed E-state index contributed by atoms with van der Waals surface area (Å²) in [6.07, 6.45) is 2.42. The third-order valence-corrected chi connectivity index (χ3v) is 6.98. The molecule has 2 aliphatic rings. The highest BCUT2D eigenvalue weighted by atomic mass is 16.5. The van der Waals surface area contributed by atoms with Crippen molar-refractivity contribution < 1.29 is 24.2 Å². The van der Waals surface area contributed by atoms with E-state index in [1.54, 1.807) is 4.90 Å². The van der Waals surface area contributed by atoms with Crippen LogP contribution in [-0.2, 0) is 14.3 Å². The Labute approximate surface area is 200 Å². The zero-order valence-electron chi connectivity index (χ0n) is 19.5. The molecule has 0 saturated heterocycles. The molecule has 0 aromatic heterocycles. The number of aliphatic carboxylic acids is 1. The molecule has 2 aromatic rings. The van der Waals surface area contributed by atoms with Crippen LogP contribution in [0.25, 0.3) is 11.1 Å². The van der Waals surface area contributed by atoms with E-state index in [-0.39, 0.29) is 43.4 Å². The zero-order valence-corrected chi connectivity index (χ0v) is 19.5. The molecule has 1 saturated carbocycles. The van der Waals surface area contributed by atoms with Gasteiger partial charge in [-0.05, 0) is 48.4 Å². The average Bonchev–Trinajstić information content (AvgIpc) is 3.17.